The van der Waals surface area contributed by atoms with E-state index in [9.17, 15) is 0 Å². The average molecular weight is 330 g/mol. The average Bonchev–Trinajstić information content (AvgIpc) is 2.89. The number of nitrogens with one attached hydrogen (secondary N) is 1. The maximum absolute atomic E-state index is 4.46. The van der Waals surface area contributed by atoms with Crippen molar-refractivity contribution in [2.45, 2.75) is 33.7 Å². The number of aryl methyl sites for hydroxylation is 1. The van der Waals surface area contributed by atoms with Gasteiger partial charge in [0.15, 0.2) is 0 Å². The third-order valence-corrected chi connectivity index (χ3v) is 4.58. The summed E-state index contributed by atoms with van der Waals surface area (Å²) in [6.45, 7) is 7.76. The van der Waals surface area contributed by atoms with Crippen LogP contribution in [0.1, 0.15) is 29.7 Å². The van der Waals surface area contributed by atoms with E-state index < -0.39 is 0 Å². The number of aromatic nitrogens is 4. The first-order valence-electron chi connectivity index (χ1n) is 5.87. The van der Waals surface area contributed by atoms with Crippen LogP contribution in [0.4, 0.5) is 5.13 Å². The van der Waals surface area contributed by atoms with Gasteiger partial charge in [-0.05, 0) is 36.2 Å². The lowest BCUT2D eigenvalue weighted by molar-refractivity contribution is 0.651. The van der Waals surface area contributed by atoms with E-state index in [4.69, 9.17) is 0 Å². The second-order valence-corrected chi connectivity index (χ2v) is 5.93. The van der Waals surface area contributed by atoms with Crippen molar-refractivity contribution in [1.82, 2.24) is 20.0 Å². The second-order valence-electron chi connectivity index (χ2n) is 4.07. The summed E-state index contributed by atoms with van der Waals surface area (Å²) in [4.78, 5) is 0. The lowest BCUT2D eigenvalue weighted by atomic mass is 10.4. The van der Waals surface area contributed by atoms with Gasteiger partial charge in [0.25, 0.3) is 0 Å². The van der Waals surface area contributed by atoms with Crippen LogP contribution in [0.2, 0.25) is 0 Å². The molecule has 0 amide bonds. The van der Waals surface area contributed by atoms with E-state index in [1.807, 2.05) is 18.5 Å². The summed E-state index contributed by atoms with van der Waals surface area (Å²) in [6.07, 6.45) is 1.08. The van der Waals surface area contributed by atoms with Crippen molar-refractivity contribution < 1.29 is 0 Å². The van der Waals surface area contributed by atoms with Crippen LogP contribution in [0, 0.1) is 13.8 Å². The zero-order chi connectivity index (χ0) is 13.1. The number of nitrogens with zero attached hydrogens (tertiary/aromatic N) is 4. The third kappa shape index (κ3) is 2.89. The van der Waals surface area contributed by atoms with Crippen molar-refractivity contribution >= 4 is 32.4 Å². The molecule has 0 spiro atoms. The van der Waals surface area contributed by atoms with Crippen molar-refractivity contribution in [3.63, 3.8) is 0 Å². The lowest BCUT2D eigenvalue weighted by Crippen LogP contribution is -2.03. The minimum Gasteiger partial charge on any atom is -0.360 e. The zero-order valence-corrected chi connectivity index (χ0v) is 13.1. The van der Waals surface area contributed by atoms with E-state index in [1.54, 1.807) is 11.3 Å². The molecule has 98 valence electrons. The van der Waals surface area contributed by atoms with Gasteiger partial charge in [-0.25, -0.2) is 0 Å². The van der Waals surface area contributed by atoms with Crippen molar-refractivity contribution in [1.29, 1.82) is 0 Å². The Labute approximate surface area is 119 Å². The molecule has 1 N–H and O–H groups in total. The van der Waals surface area contributed by atoms with Gasteiger partial charge in [-0.15, -0.1) is 10.2 Å². The van der Waals surface area contributed by atoms with Crippen LogP contribution in [0.5, 0.6) is 0 Å². The van der Waals surface area contributed by atoms with Gasteiger partial charge in [0.05, 0.1) is 22.4 Å². The molecule has 2 aromatic rings. The van der Waals surface area contributed by atoms with Gasteiger partial charge in [0.2, 0.25) is 5.13 Å². The number of hydrogen-bond acceptors (Lipinski definition) is 5. The fourth-order valence-corrected chi connectivity index (χ4v) is 2.61. The Kier molecular flexibility index (Phi) is 4.34. The summed E-state index contributed by atoms with van der Waals surface area (Å²) in [5.74, 6) is 0. The molecule has 0 aliphatic heterocycles. The normalized spacial score (nSPS) is 10.9. The molecule has 0 aliphatic carbocycles. The molecule has 2 aromatic heterocycles. The van der Waals surface area contributed by atoms with E-state index in [0.717, 1.165) is 39.0 Å². The molecule has 2 heterocycles. The predicted octanol–water partition coefficient (Wildman–Crippen LogP) is 2.98. The summed E-state index contributed by atoms with van der Waals surface area (Å²) in [7, 11) is 0. The SMILES string of the molecule is CCCNc1nnc(Cn2nc(C)c(Br)c2C)s1. The Morgan fingerprint density at radius 3 is 2.72 bits per heavy atom. The lowest BCUT2D eigenvalue weighted by Gasteiger charge is -2.00. The van der Waals surface area contributed by atoms with Crippen LogP contribution < -0.4 is 5.32 Å². The Hall–Kier alpha value is -0.950. The Morgan fingerprint density at radius 2 is 2.11 bits per heavy atom. The molecular formula is C11H16BrN5S. The molecule has 0 saturated carbocycles. The van der Waals surface area contributed by atoms with E-state index in [-0.39, 0.29) is 0 Å². The number of rotatable bonds is 5. The summed E-state index contributed by atoms with van der Waals surface area (Å²) in [5, 5.41) is 17.8. The molecular weight excluding hydrogens is 314 g/mol. The molecule has 0 unspecified atom stereocenters. The molecule has 0 saturated heterocycles. The minimum atomic E-state index is 0.670. The molecule has 5 nitrogen and oxygen atoms in total. The Balaban J connectivity index is 2.09. The van der Waals surface area contributed by atoms with Gasteiger partial charge in [-0.1, -0.05) is 18.3 Å². The molecule has 2 rings (SSSR count). The van der Waals surface area contributed by atoms with Crippen molar-refractivity contribution in [3.05, 3.63) is 20.9 Å². The first-order chi connectivity index (χ1) is 8.61. The highest BCUT2D eigenvalue weighted by molar-refractivity contribution is 9.10. The van der Waals surface area contributed by atoms with E-state index in [0.29, 0.717) is 6.54 Å². The van der Waals surface area contributed by atoms with Crippen LogP contribution in [0.25, 0.3) is 0 Å². The van der Waals surface area contributed by atoms with Gasteiger partial charge in [0, 0.05) is 6.54 Å². The van der Waals surface area contributed by atoms with E-state index in [1.165, 1.54) is 0 Å². The monoisotopic (exact) mass is 329 g/mol. The first-order valence-corrected chi connectivity index (χ1v) is 7.48. The fraction of sp³-hybridized carbons (Fsp3) is 0.545. The van der Waals surface area contributed by atoms with E-state index in [2.05, 4.69) is 43.5 Å². The maximum Gasteiger partial charge on any atom is 0.205 e. The van der Waals surface area contributed by atoms with Crippen LogP contribution in [0.15, 0.2) is 4.47 Å². The summed E-state index contributed by atoms with van der Waals surface area (Å²) in [5.41, 5.74) is 2.12. The Bertz CT molecular complexity index is 534. The van der Waals surface area contributed by atoms with Crippen molar-refractivity contribution in [2.75, 3.05) is 11.9 Å². The molecule has 7 heteroatoms. The third-order valence-electron chi connectivity index (χ3n) is 2.57. The minimum absolute atomic E-state index is 0.670. The van der Waals surface area contributed by atoms with Crippen molar-refractivity contribution in [3.8, 4) is 0 Å². The second kappa shape index (κ2) is 5.79. The standard InChI is InChI=1S/C11H16BrN5S/c1-4-5-13-11-15-14-9(18-11)6-17-8(3)10(12)7(2)16-17/h4-6H2,1-3H3,(H,13,15). The molecule has 0 aliphatic rings. The van der Waals surface area contributed by atoms with Gasteiger partial charge in [0.1, 0.15) is 5.01 Å². The largest absolute Gasteiger partial charge is 0.360 e. The molecule has 0 bridgehead atoms. The van der Waals surface area contributed by atoms with Gasteiger partial charge < -0.3 is 5.32 Å². The van der Waals surface area contributed by atoms with Crippen LogP contribution in [0.3, 0.4) is 0 Å². The quantitative estimate of drug-likeness (QED) is 0.916. The topological polar surface area (TPSA) is 55.6 Å². The predicted molar refractivity (Wildman–Crippen MR) is 77.2 cm³/mol. The highest BCUT2D eigenvalue weighted by Gasteiger charge is 2.11. The molecule has 18 heavy (non-hydrogen) atoms. The number of hydrogen-bond donors (Lipinski definition) is 1. The van der Waals surface area contributed by atoms with E-state index >= 15 is 0 Å². The number of halogens is 1. The fourth-order valence-electron chi connectivity index (χ4n) is 1.58. The van der Waals surface area contributed by atoms with Crippen LogP contribution in [-0.4, -0.2) is 26.5 Å². The van der Waals surface area contributed by atoms with Crippen molar-refractivity contribution in [2.24, 2.45) is 0 Å². The smallest absolute Gasteiger partial charge is 0.205 e. The molecule has 0 aromatic carbocycles. The van der Waals surface area contributed by atoms with Gasteiger partial charge >= 0.3 is 0 Å². The van der Waals surface area contributed by atoms with Crippen LogP contribution in [-0.2, 0) is 6.54 Å². The highest BCUT2D eigenvalue weighted by atomic mass is 79.9. The summed E-state index contributed by atoms with van der Waals surface area (Å²) >= 11 is 5.11. The molecule has 0 fully saturated rings. The highest BCUT2D eigenvalue weighted by Crippen LogP contribution is 2.22. The van der Waals surface area contributed by atoms with Gasteiger partial charge in [-0.3, -0.25) is 4.68 Å². The molecule has 0 atom stereocenters. The summed E-state index contributed by atoms with van der Waals surface area (Å²) in [6, 6.07) is 0. The maximum atomic E-state index is 4.46. The number of anilines is 1. The Morgan fingerprint density at radius 1 is 1.33 bits per heavy atom. The summed E-state index contributed by atoms with van der Waals surface area (Å²) < 4.78 is 3.01. The van der Waals surface area contributed by atoms with Gasteiger partial charge in [-0.2, -0.15) is 5.10 Å². The van der Waals surface area contributed by atoms with Crippen LogP contribution >= 0.6 is 27.3 Å². The first kappa shape index (κ1) is 13.5. The zero-order valence-electron chi connectivity index (χ0n) is 10.7. The molecule has 0 radical (unpaired) electrons.